The summed E-state index contributed by atoms with van der Waals surface area (Å²) in [6.07, 6.45) is 1.82. The number of rotatable bonds is 3. The van der Waals surface area contributed by atoms with Crippen molar-refractivity contribution in [1.82, 2.24) is 9.97 Å². The van der Waals surface area contributed by atoms with Crippen molar-refractivity contribution in [3.8, 4) is 0 Å². The van der Waals surface area contributed by atoms with E-state index in [1.54, 1.807) is 11.3 Å². The van der Waals surface area contributed by atoms with Crippen LogP contribution in [0.4, 0.5) is 5.69 Å². The Balaban J connectivity index is 1.95. The molecule has 0 spiro atoms. The Labute approximate surface area is 110 Å². The Morgan fingerprint density at radius 3 is 2.94 bits per heavy atom. The van der Waals surface area contributed by atoms with Crippen LogP contribution in [-0.4, -0.2) is 9.97 Å². The van der Waals surface area contributed by atoms with Crippen LogP contribution in [0.25, 0.3) is 10.9 Å². The number of nitrogens with zero attached hydrogens (tertiary/aromatic N) is 2. The number of thiazole rings is 1. The smallest absolute Gasteiger partial charge is 0.0795 e. The van der Waals surface area contributed by atoms with E-state index in [0.717, 1.165) is 22.3 Å². The minimum absolute atomic E-state index is 0.196. The molecule has 0 aliphatic rings. The highest BCUT2D eigenvalue weighted by atomic mass is 32.1. The van der Waals surface area contributed by atoms with Crippen LogP contribution in [0.1, 0.15) is 18.7 Å². The lowest BCUT2D eigenvalue weighted by atomic mass is 10.1. The van der Waals surface area contributed by atoms with Gasteiger partial charge in [0.25, 0.3) is 0 Å². The molecule has 0 saturated carbocycles. The van der Waals surface area contributed by atoms with Gasteiger partial charge in [-0.2, -0.15) is 0 Å². The first-order chi connectivity index (χ1) is 8.84. The van der Waals surface area contributed by atoms with Crippen molar-refractivity contribution in [2.45, 2.75) is 13.0 Å². The molecular formula is C14H13N3S. The standard InChI is InChI=1S/C14H13N3S/c1-10(14-8-18-9-16-14)17-13-6-2-5-12-11(13)4-3-7-15-12/h2-10,17H,1H3. The molecule has 1 aromatic carbocycles. The molecule has 0 aliphatic heterocycles. The second-order valence-corrected chi connectivity index (χ2v) is 4.87. The van der Waals surface area contributed by atoms with Gasteiger partial charge in [0.05, 0.1) is 22.8 Å². The molecule has 4 heteroatoms. The quantitative estimate of drug-likeness (QED) is 0.772. The number of hydrogen-bond acceptors (Lipinski definition) is 4. The maximum absolute atomic E-state index is 4.36. The van der Waals surface area contributed by atoms with E-state index in [1.807, 2.05) is 29.9 Å². The van der Waals surface area contributed by atoms with E-state index in [1.165, 1.54) is 0 Å². The number of benzene rings is 1. The van der Waals surface area contributed by atoms with Crippen LogP contribution in [0.5, 0.6) is 0 Å². The molecule has 3 rings (SSSR count). The third-order valence-corrected chi connectivity index (χ3v) is 3.52. The highest BCUT2D eigenvalue weighted by molar-refractivity contribution is 7.07. The first-order valence-electron chi connectivity index (χ1n) is 5.83. The first-order valence-corrected chi connectivity index (χ1v) is 6.77. The molecule has 0 amide bonds. The average molecular weight is 255 g/mol. The third kappa shape index (κ3) is 2.07. The summed E-state index contributed by atoms with van der Waals surface area (Å²) >= 11 is 1.62. The van der Waals surface area contributed by atoms with Crippen molar-refractivity contribution in [2.75, 3.05) is 5.32 Å². The molecule has 0 fully saturated rings. The Kier molecular flexibility index (Phi) is 2.94. The summed E-state index contributed by atoms with van der Waals surface area (Å²) < 4.78 is 0. The average Bonchev–Trinajstić information content (AvgIpc) is 2.93. The second-order valence-electron chi connectivity index (χ2n) is 4.15. The highest BCUT2D eigenvalue weighted by Gasteiger charge is 2.08. The molecule has 0 aliphatic carbocycles. The van der Waals surface area contributed by atoms with Gasteiger partial charge in [-0.05, 0) is 31.2 Å². The van der Waals surface area contributed by atoms with E-state index in [4.69, 9.17) is 0 Å². The molecule has 0 radical (unpaired) electrons. The van der Waals surface area contributed by atoms with Gasteiger partial charge < -0.3 is 5.32 Å². The summed E-state index contributed by atoms with van der Waals surface area (Å²) in [6, 6.07) is 10.4. The number of nitrogens with one attached hydrogen (secondary N) is 1. The van der Waals surface area contributed by atoms with Crippen LogP contribution in [0.3, 0.4) is 0 Å². The monoisotopic (exact) mass is 255 g/mol. The van der Waals surface area contributed by atoms with Crippen molar-refractivity contribution in [2.24, 2.45) is 0 Å². The number of hydrogen-bond donors (Lipinski definition) is 1. The van der Waals surface area contributed by atoms with Gasteiger partial charge in [-0.1, -0.05) is 6.07 Å². The van der Waals surface area contributed by atoms with E-state index in [0.29, 0.717) is 0 Å². The Morgan fingerprint density at radius 2 is 2.11 bits per heavy atom. The predicted molar refractivity (Wildman–Crippen MR) is 75.9 cm³/mol. The maximum Gasteiger partial charge on any atom is 0.0795 e. The largest absolute Gasteiger partial charge is 0.376 e. The van der Waals surface area contributed by atoms with E-state index in [2.05, 4.69) is 39.7 Å². The summed E-state index contributed by atoms with van der Waals surface area (Å²) in [5.41, 5.74) is 5.04. The van der Waals surface area contributed by atoms with Gasteiger partial charge in [0.1, 0.15) is 0 Å². The van der Waals surface area contributed by atoms with E-state index < -0.39 is 0 Å². The summed E-state index contributed by atoms with van der Waals surface area (Å²) in [6.45, 7) is 2.12. The predicted octanol–water partition coefficient (Wildman–Crippen LogP) is 3.86. The Hall–Kier alpha value is -1.94. The summed E-state index contributed by atoms with van der Waals surface area (Å²) in [7, 11) is 0. The molecule has 90 valence electrons. The zero-order chi connectivity index (χ0) is 12.4. The van der Waals surface area contributed by atoms with Gasteiger partial charge in [0, 0.05) is 22.7 Å². The maximum atomic E-state index is 4.36. The van der Waals surface area contributed by atoms with E-state index >= 15 is 0 Å². The fraction of sp³-hybridized carbons (Fsp3) is 0.143. The van der Waals surface area contributed by atoms with Gasteiger partial charge in [-0.25, -0.2) is 4.98 Å². The van der Waals surface area contributed by atoms with Crippen LogP contribution >= 0.6 is 11.3 Å². The Bertz CT molecular complexity index is 644. The highest BCUT2D eigenvalue weighted by Crippen LogP contribution is 2.25. The Morgan fingerprint density at radius 1 is 1.17 bits per heavy atom. The molecule has 3 aromatic rings. The third-order valence-electron chi connectivity index (χ3n) is 2.91. The molecule has 0 saturated heterocycles. The summed E-state index contributed by atoms with van der Waals surface area (Å²) in [4.78, 5) is 8.69. The number of pyridine rings is 1. The second kappa shape index (κ2) is 4.74. The van der Waals surface area contributed by atoms with Gasteiger partial charge in [-0.15, -0.1) is 11.3 Å². The molecule has 1 atom stereocenters. The van der Waals surface area contributed by atoms with Crippen molar-refractivity contribution in [3.63, 3.8) is 0 Å². The SMILES string of the molecule is CC(Nc1cccc2ncccc12)c1cscn1. The summed E-state index contributed by atoms with van der Waals surface area (Å²) in [5, 5.41) is 6.70. The molecule has 0 bridgehead atoms. The molecule has 1 N–H and O–H groups in total. The molecule has 3 nitrogen and oxygen atoms in total. The lowest BCUT2D eigenvalue weighted by Crippen LogP contribution is -2.07. The van der Waals surface area contributed by atoms with Crippen molar-refractivity contribution in [1.29, 1.82) is 0 Å². The number of fused-ring (bicyclic) bond motifs is 1. The topological polar surface area (TPSA) is 37.8 Å². The zero-order valence-electron chi connectivity index (χ0n) is 10.00. The molecule has 2 heterocycles. The lowest BCUT2D eigenvalue weighted by Gasteiger charge is -2.14. The van der Waals surface area contributed by atoms with Crippen molar-refractivity contribution >= 4 is 27.9 Å². The van der Waals surface area contributed by atoms with E-state index in [-0.39, 0.29) is 6.04 Å². The zero-order valence-corrected chi connectivity index (χ0v) is 10.8. The normalized spacial score (nSPS) is 12.5. The molecule has 1 unspecified atom stereocenters. The fourth-order valence-electron chi connectivity index (χ4n) is 1.97. The fourth-order valence-corrected chi connectivity index (χ4v) is 2.62. The van der Waals surface area contributed by atoms with Gasteiger partial charge in [0.15, 0.2) is 0 Å². The number of aromatic nitrogens is 2. The van der Waals surface area contributed by atoms with Gasteiger partial charge >= 0.3 is 0 Å². The molecular weight excluding hydrogens is 242 g/mol. The number of anilines is 1. The van der Waals surface area contributed by atoms with Crippen LogP contribution in [0.15, 0.2) is 47.4 Å². The minimum atomic E-state index is 0.196. The van der Waals surface area contributed by atoms with Gasteiger partial charge in [-0.3, -0.25) is 4.98 Å². The first kappa shape index (κ1) is 11.2. The van der Waals surface area contributed by atoms with Gasteiger partial charge in [0.2, 0.25) is 0 Å². The molecule has 2 aromatic heterocycles. The van der Waals surface area contributed by atoms with Crippen LogP contribution < -0.4 is 5.32 Å². The van der Waals surface area contributed by atoms with Crippen molar-refractivity contribution < 1.29 is 0 Å². The minimum Gasteiger partial charge on any atom is -0.376 e. The lowest BCUT2D eigenvalue weighted by molar-refractivity contribution is 0.852. The van der Waals surface area contributed by atoms with Crippen LogP contribution in [0.2, 0.25) is 0 Å². The molecule has 18 heavy (non-hydrogen) atoms. The summed E-state index contributed by atoms with van der Waals surface area (Å²) in [5.74, 6) is 0. The van der Waals surface area contributed by atoms with Crippen LogP contribution in [-0.2, 0) is 0 Å². The van der Waals surface area contributed by atoms with Crippen LogP contribution in [0, 0.1) is 0 Å². The van der Waals surface area contributed by atoms with Crippen molar-refractivity contribution in [3.05, 3.63) is 53.1 Å². The van der Waals surface area contributed by atoms with E-state index in [9.17, 15) is 0 Å².